The molecule has 3 aromatic rings. The van der Waals surface area contributed by atoms with Gasteiger partial charge in [0, 0.05) is 25.4 Å². The van der Waals surface area contributed by atoms with Gasteiger partial charge in [0.05, 0.1) is 18.4 Å². The van der Waals surface area contributed by atoms with Crippen LogP contribution in [0.25, 0.3) is 11.1 Å². The number of nitrogens with zero attached hydrogens (tertiary/aromatic N) is 2. The summed E-state index contributed by atoms with van der Waals surface area (Å²) < 4.78 is 6.93. The Hall–Kier alpha value is -4.14. The molecule has 1 aliphatic rings. The largest absolute Gasteiger partial charge is 0.478 e. The summed E-state index contributed by atoms with van der Waals surface area (Å²) in [6.07, 6.45) is 1.14. The molecule has 0 saturated heterocycles. The number of rotatable bonds is 9. The molecule has 2 amide bonds. The molecule has 1 heterocycles. The van der Waals surface area contributed by atoms with Crippen molar-refractivity contribution >= 4 is 18.0 Å². The Morgan fingerprint density at radius 3 is 2.31 bits per heavy atom. The molecule has 1 aliphatic carbocycles. The van der Waals surface area contributed by atoms with Crippen molar-refractivity contribution in [1.29, 1.82) is 0 Å². The van der Waals surface area contributed by atoms with Crippen LogP contribution in [-0.4, -0.2) is 46.0 Å². The van der Waals surface area contributed by atoms with Crippen LogP contribution < -0.4 is 10.6 Å². The van der Waals surface area contributed by atoms with Gasteiger partial charge in [-0.25, -0.2) is 9.59 Å². The highest BCUT2D eigenvalue weighted by Gasteiger charge is 2.29. The van der Waals surface area contributed by atoms with E-state index < -0.39 is 12.1 Å². The number of ether oxygens (including phenoxy) is 1. The monoisotopic (exact) mass is 476 g/mol. The maximum absolute atomic E-state index is 12.4. The van der Waals surface area contributed by atoms with Crippen LogP contribution in [0.3, 0.4) is 0 Å². The van der Waals surface area contributed by atoms with Crippen LogP contribution in [0.4, 0.5) is 4.79 Å². The van der Waals surface area contributed by atoms with E-state index in [9.17, 15) is 19.5 Å². The fraction of sp³-hybridized carbons (Fsp3) is 0.308. The van der Waals surface area contributed by atoms with E-state index in [-0.39, 0.29) is 43.0 Å². The molecule has 1 unspecified atom stereocenters. The lowest BCUT2D eigenvalue weighted by molar-refractivity contribution is -0.124. The highest BCUT2D eigenvalue weighted by atomic mass is 16.5. The van der Waals surface area contributed by atoms with E-state index in [0.717, 1.165) is 11.1 Å². The number of carbonyl (C=O) groups excluding carboxylic acids is 2. The van der Waals surface area contributed by atoms with Crippen LogP contribution >= 0.6 is 0 Å². The van der Waals surface area contributed by atoms with E-state index in [0.29, 0.717) is 12.1 Å². The number of benzene rings is 2. The number of hydrogen-bond acceptors (Lipinski definition) is 5. The summed E-state index contributed by atoms with van der Waals surface area (Å²) in [7, 11) is 1.62. The Bertz CT molecular complexity index is 1210. The SMILES string of the molecule is CC(CCNC(=O)OCC1c2ccccc2-c2ccccc21)C(=O)NCc1c(C(=O)O)cnn1C. The number of fused-ring (bicyclic) bond motifs is 3. The van der Waals surface area contributed by atoms with Gasteiger partial charge in [-0.3, -0.25) is 9.48 Å². The zero-order valence-electron chi connectivity index (χ0n) is 19.7. The lowest BCUT2D eigenvalue weighted by Gasteiger charge is -2.16. The number of carboxylic acids is 1. The molecule has 182 valence electrons. The first-order chi connectivity index (χ1) is 16.9. The highest BCUT2D eigenvalue weighted by Crippen LogP contribution is 2.44. The van der Waals surface area contributed by atoms with Gasteiger partial charge in [0.25, 0.3) is 0 Å². The number of amides is 2. The van der Waals surface area contributed by atoms with Gasteiger partial charge in [-0.2, -0.15) is 5.10 Å². The average molecular weight is 477 g/mol. The number of aryl methyl sites for hydroxylation is 1. The van der Waals surface area contributed by atoms with Crippen molar-refractivity contribution < 1.29 is 24.2 Å². The number of aromatic carboxylic acids is 1. The van der Waals surface area contributed by atoms with Crippen LogP contribution in [-0.2, 0) is 23.1 Å². The Morgan fingerprint density at radius 1 is 1.06 bits per heavy atom. The first kappa shape index (κ1) is 24.0. The molecule has 0 radical (unpaired) electrons. The van der Waals surface area contributed by atoms with Gasteiger partial charge in [-0.05, 0) is 28.7 Å². The third-order valence-electron chi connectivity index (χ3n) is 6.36. The van der Waals surface area contributed by atoms with Crippen LogP contribution in [0, 0.1) is 5.92 Å². The van der Waals surface area contributed by atoms with Crippen molar-refractivity contribution in [2.75, 3.05) is 13.2 Å². The van der Waals surface area contributed by atoms with Crippen LogP contribution in [0.15, 0.2) is 54.7 Å². The summed E-state index contributed by atoms with van der Waals surface area (Å²) in [6, 6.07) is 16.3. The molecule has 1 atom stereocenters. The molecule has 2 aromatic carbocycles. The quantitative estimate of drug-likeness (QED) is 0.436. The second kappa shape index (κ2) is 10.4. The summed E-state index contributed by atoms with van der Waals surface area (Å²) in [6.45, 7) is 2.31. The van der Waals surface area contributed by atoms with Gasteiger partial charge in [-0.1, -0.05) is 55.5 Å². The zero-order valence-corrected chi connectivity index (χ0v) is 19.7. The fourth-order valence-corrected chi connectivity index (χ4v) is 4.37. The number of aromatic nitrogens is 2. The minimum atomic E-state index is -1.09. The van der Waals surface area contributed by atoms with Gasteiger partial charge in [0.1, 0.15) is 12.2 Å². The van der Waals surface area contributed by atoms with Crippen molar-refractivity contribution in [2.24, 2.45) is 13.0 Å². The average Bonchev–Trinajstić information content (AvgIpc) is 3.38. The van der Waals surface area contributed by atoms with Gasteiger partial charge in [0.2, 0.25) is 5.91 Å². The molecule has 4 rings (SSSR count). The van der Waals surface area contributed by atoms with E-state index in [2.05, 4.69) is 40.0 Å². The van der Waals surface area contributed by atoms with Crippen LogP contribution in [0.5, 0.6) is 0 Å². The molecular formula is C26H28N4O5. The normalized spacial score (nSPS) is 13.0. The van der Waals surface area contributed by atoms with Gasteiger partial charge >= 0.3 is 12.1 Å². The minimum absolute atomic E-state index is 0.0134. The summed E-state index contributed by atoms with van der Waals surface area (Å²) in [4.78, 5) is 36.0. The standard InChI is InChI=1S/C26H28N4O5/c1-16(24(31)28-14-23-21(25(32)33)13-29-30(23)2)11-12-27-26(34)35-15-22-19-9-5-3-7-17(19)18-8-4-6-10-20(18)22/h3-10,13,16,22H,11-12,14-15H2,1-2H3,(H,27,34)(H,28,31)(H,32,33). The summed E-state index contributed by atoms with van der Waals surface area (Å²) in [5, 5.41) is 18.6. The molecule has 3 N–H and O–H groups in total. The lowest BCUT2D eigenvalue weighted by Crippen LogP contribution is -2.33. The van der Waals surface area contributed by atoms with Gasteiger partial charge < -0.3 is 20.5 Å². The molecule has 0 spiro atoms. The first-order valence-electron chi connectivity index (χ1n) is 11.5. The van der Waals surface area contributed by atoms with Crippen molar-refractivity contribution in [1.82, 2.24) is 20.4 Å². The van der Waals surface area contributed by atoms with Crippen molar-refractivity contribution in [3.63, 3.8) is 0 Å². The summed E-state index contributed by atoms with van der Waals surface area (Å²) in [5.74, 6) is -1.73. The zero-order chi connectivity index (χ0) is 24.9. The van der Waals surface area contributed by atoms with Crippen molar-refractivity contribution in [3.8, 4) is 11.1 Å². The molecule has 9 heteroatoms. The van der Waals surface area contributed by atoms with Gasteiger partial charge in [-0.15, -0.1) is 0 Å². The van der Waals surface area contributed by atoms with E-state index in [1.807, 2.05) is 24.3 Å². The van der Waals surface area contributed by atoms with E-state index >= 15 is 0 Å². The second-order valence-corrected chi connectivity index (χ2v) is 8.59. The number of nitrogens with one attached hydrogen (secondary N) is 2. The Morgan fingerprint density at radius 2 is 1.69 bits per heavy atom. The molecule has 1 aromatic heterocycles. The minimum Gasteiger partial charge on any atom is -0.478 e. The van der Waals surface area contributed by atoms with Crippen LogP contribution in [0.1, 0.15) is 46.4 Å². The maximum atomic E-state index is 12.4. The number of alkyl carbamates (subject to hydrolysis) is 1. The Kier molecular flexibility index (Phi) is 7.14. The maximum Gasteiger partial charge on any atom is 0.407 e. The molecule has 35 heavy (non-hydrogen) atoms. The summed E-state index contributed by atoms with van der Waals surface area (Å²) >= 11 is 0. The van der Waals surface area contributed by atoms with Crippen molar-refractivity contribution in [2.45, 2.75) is 25.8 Å². The predicted octanol–water partition coefficient (Wildman–Crippen LogP) is 3.30. The second-order valence-electron chi connectivity index (χ2n) is 8.59. The first-order valence-corrected chi connectivity index (χ1v) is 11.5. The predicted molar refractivity (Wildman–Crippen MR) is 129 cm³/mol. The Balaban J connectivity index is 1.22. The number of carbonyl (C=O) groups is 3. The number of hydrogen-bond donors (Lipinski definition) is 3. The topological polar surface area (TPSA) is 123 Å². The van der Waals surface area contributed by atoms with Crippen molar-refractivity contribution in [3.05, 3.63) is 77.1 Å². The van der Waals surface area contributed by atoms with E-state index in [4.69, 9.17) is 4.74 Å². The Labute approximate surface area is 203 Å². The highest BCUT2D eigenvalue weighted by molar-refractivity contribution is 5.89. The van der Waals surface area contributed by atoms with Gasteiger partial charge in [0.15, 0.2) is 0 Å². The smallest absolute Gasteiger partial charge is 0.407 e. The molecule has 0 fully saturated rings. The number of carboxylic acid groups (broad SMARTS) is 1. The van der Waals surface area contributed by atoms with E-state index in [1.165, 1.54) is 22.0 Å². The third-order valence-corrected chi connectivity index (χ3v) is 6.36. The molecule has 0 aliphatic heterocycles. The van der Waals surface area contributed by atoms with Crippen LogP contribution in [0.2, 0.25) is 0 Å². The molecule has 0 saturated carbocycles. The van der Waals surface area contributed by atoms with E-state index in [1.54, 1.807) is 14.0 Å². The molecule has 0 bridgehead atoms. The molecular weight excluding hydrogens is 448 g/mol. The summed E-state index contributed by atoms with van der Waals surface area (Å²) in [5.41, 5.74) is 5.09. The molecule has 9 nitrogen and oxygen atoms in total. The fourth-order valence-electron chi connectivity index (χ4n) is 4.37. The lowest BCUT2D eigenvalue weighted by atomic mass is 9.98. The third kappa shape index (κ3) is 5.18.